The number of benzene rings is 1. The van der Waals surface area contributed by atoms with E-state index in [1.807, 2.05) is 20.0 Å². The molecule has 1 fully saturated rings. The molecule has 0 aliphatic heterocycles. The predicted octanol–water partition coefficient (Wildman–Crippen LogP) is 2.46. The number of rotatable bonds is 3. The van der Waals surface area contributed by atoms with E-state index in [9.17, 15) is 4.39 Å². The summed E-state index contributed by atoms with van der Waals surface area (Å²) in [5.74, 6) is 1.28. The first-order chi connectivity index (χ1) is 6.72. The van der Waals surface area contributed by atoms with Gasteiger partial charge >= 0.3 is 0 Å². The summed E-state index contributed by atoms with van der Waals surface area (Å²) in [5.41, 5.74) is 2.42. The molecule has 0 heterocycles. The Kier molecular flexibility index (Phi) is 2.55. The largest absolute Gasteiger partial charge is 0.319 e. The molecule has 14 heavy (non-hydrogen) atoms. The quantitative estimate of drug-likeness (QED) is 0.777. The lowest BCUT2D eigenvalue weighted by molar-refractivity contribution is 0.625. The fourth-order valence-corrected chi connectivity index (χ4v) is 2.17. The molecule has 0 bridgehead atoms. The summed E-state index contributed by atoms with van der Waals surface area (Å²) in [6, 6.07) is 5.13. The van der Waals surface area contributed by atoms with Crippen LogP contribution in [0.15, 0.2) is 18.2 Å². The van der Waals surface area contributed by atoms with E-state index in [-0.39, 0.29) is 5.82 Å². The van der Waals surface area contributed by atoms with Crippen LogP contribution in [0, 0.1) is 18.7 Å². The van der Waals surface area contributed by atoms with Crippen molar-refractivity contribution in [3.8, 4) is 0 Å². The highest BCUT2D eigenvalue weighted by molar-refractivity contribution is 5.34. The van der Waals surface area contributed by atoms with Crippen LogP contribution in [-0.4, -0.2) is 13.6 Å². The van der Waals surface area contributed by atoms with E-state index >= 15 is 0 Å². The Morgan fingerprint density at radius 3 is 2.93 bits per heavy atom. The maximum Gasteiger partial charge on any atom is 0.123 e. The molecule has 1 saturated carbocycles. The summed E-state index contributed by atoms with van der Waals surface area (Å²) >= 11 is 0. The van der Waals surface area contributed by atoms with E-state index in [4.69, 9.17) is 0 Å². The van der Waals surface area contributed by atoms with Gasteiger partial charge in [-0.25, -0.2) is 4.39 Å². The molecule has 1 aromatic carbocycles. The highest BCUT2D eigenvalue weighted by atomic mass is 19.1. The number of hydrogen-bond donors (Lipinski definition) is 1. The van der Waals surface area contributed by atoms with Crippen molar-refractivity contribution in [2.24, 2.45) is 5.92 Å². The Bertz CT molecular complexity index is 335. The van der Waals surface area contributed by atoms with Gasteiger partial charge in [-0.2, -0.15) is 0 Å². The van der Waals surface area contributed by atoms with Crippen LogP contribution in [0.3, 0.4) is 0 Å². The van der Waals surface area contributed by atoms with Gasteiger partial charge in [-0.1, -0.05) is 6.07 Å². The Morgan fingerprint density at radius 2 is 2.29 bits per heavy atom. The van der Waals surface area contributed by atoms with Crippen molar-refractivity contribution in [1.29, 1.82) is 0 Å². The third-order valence-corrected chi connectivity index (χ3v) is 3.02. The zero-order valence-corrected chi connectivity index (χ0v) is 8.68. The minimum Gasteiger partial charge on any atom is -0.319 e. The predicted molar refractivity (Wildman–Crippen MR) is 55.9 cm³/mol. The zero-order valence-electron chi connectivity index (χ0n) is 8.68. The molecule has 1 nitrogen and oxygen atoms in total. The van der Waals surface area contributed by atoms with Crippen molar-refractivity contribution < 1.29 is 4.39 Å². The first-order valence-corrected chi connectivity index (χ1v) is 5.13. The van der Waals surface area contributed by atoms with Gasteiger partial charge in [0.05, 0.1) is 0 Å². The molecule has 0 aromatic heterocycles. The molecular formula is C12H16FN. The van der Waals surface area contributed by atoms with Gasteiger partial charge in [-0.3, -0.25) is 0 Å². The number of aryl methyl sites for hydroxylation is 1. The van der Waals surface area contributed by atoms with Gasteiger partial charge in [0.2, 0.25) is 0 Å². The summed E-state index contributed by atoms with van der Waals surface area (Å²) in [5, 5.41) is 3.19. The molecule has 1 N–H and O–H groups in total. The summed E-state index contributed by atoms with van der Waals surface area (Å²) in [6.45, 7) is 3.06. The fraction of sp³-hybridized carbons (Fsp3) is 0.500. The van der Waals surface area contributed by atoms with Crippen LogP contribution in [0.1, 0.15) is 23.5 Å². The Labute approximate surface area is 84.3 Å². The van der Waals surface area contributed by atoms with Gasteiger partial charge in [0, 0.05) is 0 Å². The van der Waals surface area contributed by atoms with E-state index in [0.717, 1.165) is 18.0 Å². The lowest BCUT2D eigenvalue weighted by Crippen LogP contribution is -2.10. The highest BCUT2D eigenvalue weighted by Gasteiger charge is 2.38. The second kappa shape index (κ2) is 3.70. The van der Waals surface area contributed by atoms with Crippen LogP contribution in [0.5, 0.6) is 0 Å². The maximum atomic E-state index is 12.9. The van der Waals surface area contributed by atoms with Crippen LogP contribution in [0.25, 0.3) is 0 Å². The highest BCUT2D eigenvalue weighted by Crippen LogP contribution is 2.47. The zero-order chi connectivity index (χ0) is 10.1. The van der Waals surface area contributed by atoms with Crippen molar-refractivity contribution in [2.75, 3.05) is 13.6 Å². The minimum absolute atomic E-state index is 0.128. The van der Waals surface area contributed by atoms with E-state index < -0.39 is 0 Å². The average molecular weight is 193 g/mol. The van der Waals surface area contributed by atoms with Gasteiger partial charge in [0.15, 0.2) is 0 Å². The lowest BCUT2D eigenvalue weighted by atomic mass is 10.0. The van der Waals surface area contributed by atoms with Gasteiger partial charge < -0.3 is 5.32 Å². The third-order valence-electron chi connectivity index (χ3n) is 3.02. The Morgan fingerprint density at radius 1 is 1.50 bits per heavy atom. The van der Waals surface area contributed by atoms with Gasteiger partial charge in [-0.15, -0.1) is 0 Å². The molecule has 0 radical (unpaired) electrons. The number of hydrogen-bond acceptors (Lipinski definition) is 1. The summed E-state index contributed by atoms with van der Waals surface area (Å²) in [6.07, 6.45) is 1.24. The lowest BCUT2D eigenvalue weighted by Gasteiger charge is -2.04. The van der Waals surface area contributed by atoms with Gasteiger partial charge in [0.1, 0.15) is 5.82 Å². The van der Waals surface area contributed by atoms with Crippen LogP contribution < -0.4 is 5.32 Å². The molecule has 0 spiro atoms. The normalized spacial score (nSPS) is 25.1. The molecule has 0 amide bonds. The van der Waals surface area contributed by atoms with Crippen molar-refractivity contribution in [3.05, 3.63) is 35.1 Å². The second-order valence-electron chi connectivity index (χ2n) is 4.16. The molecule has 76 valence electrons. The first-order valence-electron chi connectivity index (χ1n) is 5.13. The van der Waals surface area contributed by atoms with E-state index in [2.05, 4.69) is 5.32 Å². The number of halogens is 1. The van der Waals surface area contributed by atoms with E-state index in [0.29, 0.717) is 5.92 Å². The van der Waals surface area contributed by atoms with Gasteiger partial charge in [0.25, 0.3) is 0 Å². The molecule has 1 aliphatic carbocycles. The van der Waals surface area contributed by atoms with Crippen molar-refractivity contribution in [1.82, 2.24) is 5.32 Å². The second-order valence-corrected chi connectivity index (χ2v) is 4.16. The van der Waals surface area contributed by atoms with Crippen LogP contribution in [0.2, 0.25) is 0 Å². The maximum absolute atomic E-state index is 12.9. The fourth-order valence-electron chi connectivity index (χ4n) is 2.17. The number of nitrogens with one attached hydrogen (secondary N) is 1. The molecule has 2 atom stereocenters. The summed E-state index contributed by atoms with van der Waals surface area (Å²) < 4.78 is 12.9. The molecule has 0 unspecified atom stereocenters. The Balaban J connectivity index is 2.11. The molecule has 2 heteroatoms. The minimum atomic E-state index is -0.128. The van der Waals surface area contributed by atoms with Gasteiger partial charge in [-0.05, 0) is 62.0 Å². The monoisotopic (exact) mass is 193 g/mol. The molecule has 1 aromatic rings. The summed E-state index contributed by atoms with van der Waals surface area (Å²) in [7, 11) is 1.98. The van der Waals surface area contributed by atoms with E-state index in [1.54, 1.807) is 12.1 Å². The summed E-state index contributed by atoms with van der Waals surface area (Å²) in [4.78, 5) is 0. The van der Waals surface area contributed by atoms with Crippen molar-refractivity contribution >= 4 is 0 Å². The third kappa shape index (κ3) is 1.80. The molecular weight excluding hydrogens is 177 g/mol. The van der Waals surface area contributed by atoms with E-state index in [1.165, 1.54) is 12.0 Å². The topological polar surface area (TPSA) is 12.0 Å². The smallest absolute Gasteiger partial charge is 0.123 e. The SMILES string of the molecule is CNC[C@@H]1C[C@H]1c1ccc(F)cc1C. The first kappa shape index (κ1) is 9.66. The standard InChI is InChI=1S/C12H16FN/c1-8-5-10(13)3-4-11(8)12-6-9(12)7-14-2/h3-5,9,12,14H,6-7H2,1-2H3/t9-,12+/m0/s1. The average Bonchev–Trinajstić information content (AvgIpc) is 2.84. The van der Waals surface area contributed by atoms with Crippen molar-refractivity contribution in [2.45, 2.75) is 19.3 Å². The van der Waals surface area contributed by atoms with Crippen LogP contribution in [-0.2, 0) is 0 Å². The molecule has 2 rings (SSSR count). The molecule has 1 aliphatic rings. The van der Waals surface area contributed by atoms with Crippen molar-refractivity contribution in [3.63, 3.8) is 0 Å². The molecule has 0 saturated heterocycles. The van der Waals surface area contributed by atoms with Crippen LogP contribution >= 0.6 is 0 Å². The Hall–Kier alpha value is -0.890. The van der Waals surface area contributed by atoms with Crippen LogP contribution in [0.4, 0.5) is 4.39 Å².